The summed E-state index contributed by atoms with van der Waals surface area (Å²) in [5, 5.41) is 23.6. The predicted molar refractivity (Wildman–Crippen MR) is 109 cm³/mol. The molecule has 0 radical (unpaired) electrons. The highest BCUT2D eigenvalue weighted by atomic mass is 19.4. The van der Waals surface area contributed by atoms with Crippen LogP contribution in [0.25, 0.3) is 0 Å². The lowest BCUT2D eigenvalue weighted by Gasteiger charge is -2.37. The van der Waals surface area contributed by atoms with Gasteiger partial charge in [0.05, 0.1) is 12.0 Å². The van der Waals surface area contributed by atoms with Crippen LogP contribution in [0.1, 0.15) is 58.3 Å². The maximum atomic E-state index is 15.1. The Morgan fingerprint density at radius 3 is 2.48 bits per heavy atom. The molecular weight excluding hydrogens is 416 g/mol. The van der Waals surface area contributed by atoms with Crippen molar-refractivity contribution in [1.82, 2.24) is 9.97 Å². The Kier molecular flexibility index (Phi) is 7.62. The highest BCUT2D eigenvalue weighted by Gasteiger charge is 2.42. The molecule has 2 aliphatic carbocycles. The van der Waals surface area contributed by atoms with Gasteiger partial charge in [0.1, 0.15) is 11.9 Å². The molecule has 1 aromatic rings. The first-order chi connectivity index (χ1) is 14.6. The topological polar surface area (TPSA) is 81.5 Å². The summed E-state index contributed by atoms with van der Waals surface area (Å²) in [6.07, 6.45) is -0.158. The molecule has 2 fully saturated rings. The zero-order chi connectivity index (χ0) is 22.6. The maximum absolute atomic E-state index is 15.1. The van der Waals surface area contributed by atoms with Crippen LogP contribution in [0.5, 0.6) is 0 Å². The largest absolute Gasteiger partial charge is 0.391 e. The van der Waals surface area contributed by atoms with Crippen molar-refractivity contribution in [1.29, 1.82) is 0 Å². The third-order valence-electron chi connectivity index (χ3n) is 6.76. The first-order valence-electron chi connectivity index (χ1n) is 11.1. The molecule has 1 aromatic heterocycles. The number of anilines is 2. The van der Waals surface area contributed by atoms with Gasteiger partial charge in [-0.15, -0.1) is 0 Å². The molecule has 0 bridgehead atoms. The van der Waals surface area contributed by atoms with E-state index < -0.39 is 29.6 Å². The average molecular weight is 449 g/mol. The molecule has 0 aromatic carbocycles. The summed E-state index contributed by atoms with van der Waals surface area (Å²) in [4.78, 5) is 9.73. The van der Waals surface area contributed by atoms with E-state index in [2.05, 4.69) is 15.3 Å². The van der Waals surface area contributed by atoms with Gasteiger partial charge in [-0.2, -0.15) is 17.6 Å². The number of nitrogens with zero attached hydrogens (tertiary/aromatic N) is 3. The highest BCUT2D eigenvalue weighted by Crippen LogP contribution is 2.40. The Hall–Kier alpha value is -1.68. The van der Waals surface area contributed by atoms with E-state index in [0.29, 0.717) is 38.8 Å². The Morgan fingerprint density at radius 1 is 1.16 bits per heavy atom. The van der Waals surface area contributed by atoms with Gasteiger partial charge in [0.15, 0.2) is 11.6 Å². The fourth-order valence-corrected chi connectivity index (χ4v) is 4.70. The number of aliphatic hydroxyl groups is 2. The third kappa shape index (κ3) is 5.77. The van der Waals surface area contributed by atoms with Crippen LogP contribution in [0.2, 0.25) is 0 Å². The number of hydrogen-bond acceptors (Lipinski definition) is 6. The maximum Gasteiger partial charge on any atom is 0.391 e. The van der Waals surface area contributed by atoms with Crippen molar-refractivity contribution in [3.05, 3.63) is 12.1 Å². The normalized spacial score (nSPS) is 29.6. The van der Waals surface area contributed by atoms with Gasteiger partial charge in [-0.25, -0.2) is 9.97 Å². The Bertz CT molecular complexity index is 728. The molecule has 3 rings (SSSR count). The third-order valence-corrected chi connectivity index (χ3v) is 6.76. The SMILES string of the molecule is CCN(CC1CCC(C(F)(F)F)CC1)c1ncnc(NC[C@@]2(O)CCCC[C@@H]2O)c1F. The van der Waals surface area contributed by atoms with E-state index in [-0.39, 0.29) is 36.9 Å². The molecule has 6 nitrogen and oxygen atoms in total. The molecule has 1 heterocycles. The minimum atomic E-state index is -4.15. The Labute approximate surface area is 180 Å². The fourth-order valence-electron chi connectivity index (χ4n) is 4.70. The molecule has 176 valence electrons. The van der Waals surface area contributed by atoms with Gasteiger partial charge < -0.3 is 20.4 Å². The number of rotatable bonds is 7. The van der Waals surface area contributed by atoms with Crippen molar-refractivity contribution in [2.75, 3.05) is 29.9 Å². The minimum Gasteiger partial charge on any atom is -0.390 e. The first-order valence-corrected chi connectivity index (χ1v) is 11.1. The molecular formula is C21H32F4N4O2. The van der Waals surface area contributed by atoms with Crippen molar-refractivity contribution in [3.63, 3.8) is 0 Å². The van der Waals surface area contributed by atoms with Gasteiger partial charge in [-0.3, -0.25) is 0 Å². The molecule has 2 atom stereocenters. The van der Waals surface area contributed by atoms with E-state index in [1.807, 2.05) is 6.92 Å². The smallest absolute Gasteiger partial charge is 0.390 e. The van der Waals surface area contributed by atoms with Crippen LogP contribution in [-0.2, 0) is 0 Å². The summed E-state index contributed by atoms with van der Waals surface area (Å²) in [6.45, 7) is 2.69. The van der Waals surface area contributed by atoms with Crippen LogP contribution in [0, 0.1) is 17.7 Å². The fraction of sp³-hybridized carbons (Fsp3) is 0.810. The van der Waals surface area contributed by atoms with E-state index in [4.69, 9.17) is 0 Å². The van der Waals surface area contributed by atoms with Crippen molar-refractivity contribution < 1.29 is 27.8 Å². The number of nitrogens with one attached hydrogen (secondary N) is 1. The molecule has 2 aliphatic rings. The van der Waals surface area contributed by atoms with Gasteiger partial charge >= 0.3 is 6.18 Å². The molecule has 31 heavy (non-hydrogen) atoms. The van der Waals surface area contributed by atoms with E-state index in [0.717, 1.165) is 12.8 Å². The van der Waals surface area contributed by atoms with E-state index in [1.54, 1.807) is 4.90 Å². The summed E-state index contributed by atoms with van der Waals surface area (Å²) in [5.74, 6) is -1.83. The molecule has 3 N–H and O–H groups in total. The quantitative estimate of drug-likeness (QED) is 0.549. The Balaban J connectivity index is 1.63. The second kappa shape index (κ2) is 9.85. The van der Waals surface area contributed by atoms with Crippen molar-refractivity contribution in [2.45, 2.75) is 76.2 Å². The van der Waals surface area contributed by atoms with Gasteiger partial charge in [0.2, 0.25) is 5.82 Å². The zero-order valence-corrected chi connectivity index (χ0v) is 17.8. The molecule has 0 spiro atoms. The van der Waals surface area contributed by atoms with Crippen LogP contribution in [0.4, 0.5) is 29.2 Å². The summed E-state index contributed by atoms with van der Waals surface area (Å²) in [5.41, 5.74) is -1.34. The van der Waals surface area contributed by atoms with Gasteiger partial charge in [-0.1, -0.05) is 12.8 Å². The molecule has 0 amide bonds. The van der Waals surface area contributed by atoms with Crippen molar-refractivity contribution in [3.8, 4) is 0 Å². The van der Waals surface area contributed by atoms with E-state index >= 15 is 4.39 Å². The monoisotopic (exact) mass is 448 g/mol. The van der Waals surface area contributed by atoms with Crippen LogP contribution in [0.15, 0.2) is 6.33 Å². The molecule has 0 saturated heterocycles. The van der Waals surface area contributed by atoms with Crippen LogP contribution >= 0.6 is 0 Å². The van der Waals surface area contributed by atoms with Gasteiger partial charge in [0, 0.05) is 19.6 Å². The standard InChI is InChI=1S/C21H32F4N4O2/c1-2-29(11-14-6-8-15(9-7-14)21(23,24)25)19-17(22)18(27-13-28-19)26-12-20(31)10-4-3-5-16(20)30/h13-16,30-31H,2-12H2,1H3,(H,26,27,28)/t14?,15?,16-,20-/m0/s1. The summed E-state index contributed by atoms with van der Waals surface area (Å²) in [7, 11) is 0. The van der Waals surface area contributed by atoms with Gasteiger partial charge in [0.25, 0.3) is 0 Å². The summed E-state index contributed by atoms with van der Waals surface area (Å²) in [6, 6.07) is 0. The molecule has 0 aliphatic heterocycles. The summed E-state index contributed by atoms with van der Waals surface area (Å²) < 4.78 is 53.8. The van der Waals surface area contributed by atoms with Crippen molar-refractivity contribution in [2.24, 2.45) is 11.8 Å². The predicted octanol–water partition coefficient (Wildman–Crippen LogP) is 3.89. The first kappa shape index (κ1) is 24.0. The molecule has 0 unspecified atom stereocenters. The number of halogens is 4. The lowest BCUT2D eigenvalue weighted by molar-refractivity contribution is -0.183. The van der Waals surface area contributed by atoms with Crippen LogP contribution in [0.3, 0.4) is 0 Å². The highest BCUT2D eigenvalue weighted by molar-refractivity contribution is 5.51. The molecule has 10 heteroatoms. The number of hydrogen-bond donors (Lipinski definition) is 3. The second-order valence-electron chi connectivity index (χ2n) is 8.88. The lowest BCUT2D eigenvalue weighted by Crippen LogP contribution is -2.50. The average Bonchev–Trinajstić information content (AvgIpc) is 2.73. The summed E-state index contributed by atoms with van der Waals surface area (Å²) >= 11 is 0. The number of aliphatic hydroxyl groups excluding tert-OH is 1. The second-order valence-corrected chi connectivity index (χ2v) is 8.88. The minimum absolute atomic E-state index is 0.0326. The van der Waals surface area contributed by atoms with E-state index in [9.17, 15) is 23.4 Å². The lowest BCUT2D eigenvalue weighted by atomic mass is 9.81. The van der Waals surface area contributed by atoms with Gasteiger partial charge in [-0.05, 0) is 51.4 Å². The number of alkyl halides is 3. The Morgan fingerprint density at radius 2 is 1.87 bits per heavy atom. The van der Waals surface area contributed by atoms with Crippen LogP contribution in [-0.4, -0.2) is 57.7 Å². The number of aromatic nitrogens is 2. The van der Waals surface area contributed by atoms with Crippen molar-refractivity contribution >= 4 is 11.6 Å². The molecule has 2 saturated carbocycles. The van der Waals surface area contributed by atoms with Crippen LogP contribution < -0.4 is 10.2 Å². The zero-order valence-electron chi connectivity index (χ0n) is 17.8. The van der Waals surface area contributed by atoms with E-state index in [1.165, 1.54) is 6.33 Å².